The van der Waals surface area contributed by atoms with Crippen molar-refractivity contribution in [3.05, 3.63) is 34.9 Å². The van der Waals surface area contributed by atoms with Gasteiger partial charge in [0.15, 0.2) is 0 Å². The molecule has 106 valence electrons. The van der Waals surface area contributed by atoms with Crippen LogP contribution in [0.5, 0.6) is 0 Å². The molecule has 2 rings (SSSR count). The van der Waals surface area contributed by atoms with Gasteiger partial charge < -0.3 is 5.32 Å². The fourth-order valence-corrected chi connectivity index (χ4v) is 2.24. The minimum absolute atomic E-state index is 0.201. The molecule has 0 spiro atoms. The van der Waals surface area contributed by atoms with Crippen LogP contribution in [0.25, 0.3) is 0 Å². The van der Waals surface area contributed by atoms with Crippen LogP contribution in [0.3, 0.4) is 0 Å². The summed E-state index contributed by atoms with van der Waals surface area (Å²) in [6.07, 6.45) is 0.870. The molecule has 1 aromatic carbocycles. The standard InChI is InChI=1S/C15H18N2O3/c1-9-3-4-10(2)11(7-9)8-14(19)16-12-5-6-13(18)17-15(12)20/h3-4,7,12H,5-6,8H2,1-2H3,(H,16,19)(H,17,18,20). The summed E-state index contributed by atoms with van der Waals surface area (Å²) in [6, 6.07) is 5.34. The molecule has 5 nitrogen and oxygen atoms in total. The lowest BCUT2D eigenvalue weighted by atomic mass is 10.0. The SMILES string of the molecule is Cc1ccc(C)c(CC(=O)NC2CCC(=O)NC2=O)c1. The summed E-state index contributed by atoms with van der Waals surface area (Å²) in [5.41, 5.74) is 3.10. The fourth-order valence-electron chi connectivity index (χ4n) is 2.24. The second kappa shape index (κ2) is 5.86. The van der Waals surface area contributed by atoms with Crippen LogP contribution in [-0.2, 0) is 20.8 Å². The first-order chi connectivity index (χ1) is 9.45. The van der Waals surface area contributed by atoms with E-state index in [2.05, 4.69) is 10.6 Å². The minimum atomic E-state index is -0.606. The molecule has 0 bridgehead atoms. The van der Waals surface area contributed by atoms with E-state index >= 15 is 0 Å². The zero-order chi connectivity index (χ0) is 14.7. The Labute approximate surface area is 117 Å². The van der Waals surface area contributed by atoms with Crippen LogP contribution in [0.4, 0.5) is 0 Å². The Kier molecular flexibility index (Phi) is 4.17. The molecule has 0 radical (unpaired) electrons. The molecule has 0 aliphatic carbocycles. The molecule has 1 aromatic rings. The maximum absolute atomic E-state index is 12.0. The molecular formula is C15H18N2O3. The lowest BCUT2D eigenvalue weighted by Crippen LogP contribution is -2.52. The first kappa shape index (κ1) is 14.2. The lowest BCUT2D eigenvalue weighted by molar-refractivity contribution is -0.137. The maximum Gasteiger partial charge on any atom is 0.249 e. The minimum Gasteiger partial charge on any atom is -0.344 e. The molecule has 3 amide bonds. The summed E-state index contributed by atoms with van der Waals surface area (Å²) < 4.78 is 0. The van der Waals surface area contributed by atoms with Gasteiger partial charge in [-0.15, -0.1) is 0 Å². The quantitative estimate of drug-likeness (QED) is 0.799. The second-order valence-corrected chi connectivity index (χ2v) is 5.18. The summed E-state index contributed by atoms with van der Waals surface area (Å²) in [6.45, 7) is 3.93. The maximum atomic E-state index is 12.0. The van der Waals surface area contributed by atoms with Crippen LogP contribution in [0.15, 0.2) is 18.2 Å². The van der Waals surface area contributed by atoms with E-state index in [0.717, 1.165) is 16.7 Å². The van der Waals surface area contributed by atoms with Gasteiger partial charge in [0.1, 0.15) is 6.04 Å². The molecule has 1 aliphatic heterocycles. The Morgan fingerprint density at radius 1 is 1.35 bits per heavy atom. The van der Waals surface area contributed by atoms with E-state index in [4.69, 9.17) is 0 Å². The number of aryl methyl sites for hydroxylation is 2. The van der Waals surface area contributed by atoms with Gasteiger partial charge in [-0.3, -0.25) is 19.7 Å². The zero-order valence-corrected chi connectivity index (χ0v) is 11.7. The molecule has 0 saturated carbocycles. The number of hydrogen-bond donors (Lipinski definition) is 2. The molecule has 0 aromatic heterocycles. The van der Waals surface area contributed by atoms with Crippen molar-refractivity contribution in [2.24, 2.45) is 0 Å². The lowest BCUT2D eigenvalue weighted by Gasteiger charge is -2.22. The smallest absolute Gasteiger partial charge is 0.249 e. The summed E-state index contributed by atoms with van der Waals surface area (Å²) >= 11 is 0. The van der Waals surface area contributed by atoms with Gasteiger partial charge in [0.25, 0.3) is 0 Å². The van der Waals surface area contributed by atoms with Gasteiger partial charge in [-0.2, -0.15) is 0 Å². The first-order valence-electron chi connectivity index (χ1n) is 6.65. The highest BCUT2D eigenvalue weighted by atomic mass is 16.2. The van der Waals surface area contributed by atoms with Crippen molar-refractivity contribution in [3.8, 4) is 0 Å². The van der Waals surface area contributed by atoms with Crippen LogP contribution in [0.1, 0.15) is 29.5 Å². The topological polar surface area (TPSA) is 75.3 Å². The van der Waals surface area contributed by atoms with Crippen LogP contribution in [0, 0.1) is 13.8 Å². The van der Waals surface area contributed by atoms with Crippen LogP contribution in [-0.4, -0.2) is 23.8 Å². The molecule has 1 heterocycles. The van der Waals surface area contributed by atoms with Crippen molar-refractivity contribution < 1.29 is 14.4 Å². The van der Waals surface area contributed by atoms with E-state index in [1.807, 2.05) is 32.0 Å². The van der Waals surface area contributed by atoms with Crippen LogP contribution in [0.2, 0.25) is 0 Å². The fraction of sp³-hybridized carbons (Fsp3) is 0.400. The van der Waals surface area contributed by atoms with Crippen LogP contribution >= 0.6 is 0 Å². The number of imide groups is 1. The highest BCUT2D eigenvalue weighted by molar-refractivity contribution is 6.01. The van der Waals surface area contributed by atoms with Gasteiger partial charge in [-0.1, -0.05) is 23.8 Å². The molecule has 1 fully saturated rings. The number of rotatable bonds is 3. The number of carbonyl (C=O) groups excluding carboxylic acids is 3. The van der Waals surface area contributed by atoms with E-state index in [1.165, 1.54) is 0 Å². The van der Waals surface area contributed by atoms with Gasteiger partial charge >= 0.3 is 0 Å². The molecule has 2 N–H and O–H groups in total. The number of hydrogen-bond acceptors (Lipinski definition) is 3. The van der Waals surface area contributed by atoms with Gasteiger partial charge in [-0.05, 0) is 31.4 Å². The molecule has 1 aliphatic rings. The second-order valence-electron chi connectivity index (χ2n) is 5.18. The highest BCUT2D eigenvalue weighted by Gasteiger charge is 2.27. The first-order valence-corrected chi connectivity index (χ1v) is 6.65. The van der Waals surface area contributed by atoms with E-state index in [-0.39, 0.29) is 24.7 Å². The third-order valence-corrected chi connectivity index (χ3v) is 3.43. The monoisotopic (exact) mass is 274 g/mol. The highest BCUT2D eigenvalue weighted by Crippen LogP contribution is 2.12. The molecule has 1 unspecified atom stereocenters. The Morgan fingerprint density at radius 2 is 2.10 bits per heavy atom. The molecular weight excluding hydrogens is 256 g/mol. The summed E-state index contributed by atoms with van der Waals surface area (Å²) in [7, 11) is 0. The Hall–Kier alpha value is -2.17. The number of carbonyl (C=O) groups is 3. The van der Waals surface area contributed by atoms with E-state index in [9.17, 15) is 14.4 Å². The molecule has 20 heavy (non-hydrogen) atoms. The average molecular weight is 274 g/mol. The Balaban J connectivity index is 1.97. The zero-order valence-electron chi connectivity index (χ0n) is 11.7. The average Bonchev–Trinajstić information content (AvgIpc) is 2.37. The predicted octanol–water partition coefficient (Wildman–Crippen LogP) is 0.767. The summed E-state index contributed by atoms with van der Waals surface area (Å²) in [4.78, 5) is 34.6. The van der Waals surface area contributed by atoms with Crippen molar-refractivity contribution in [3.63, 3.8) is 0 Å². The number of benzene rings is 1. The van der Waals surface area contributed by atoms with Crippen molar-refractivity contribution in [2.75, 3.05) is 0 Å². The predicted molar refractivity (Wildman–Crippen MR) is 73.9 cm³/mol. The van der Waals surface area contributed by atoms with E-state index < -0.39 is 11.9 Å². The normalized spacial score (nSPS) is 18.6. The number of piperidine rings is 1. The third kappa shape index (κ3) is 3.44. The third-order valence-electron chi connectivity index (χ3n) is 3.43. The van der Waals surface area contributed by atoms with Gasteiger partial charge in [0.05, 0.1) is 6.42 Å². The van der Waals surface area contributed by atoms with Crippen molar-refractivity contribution in [1.29, 1.82) is 0 Å². The summed E-state index contributed by atoms with van der Waals surface area (Å²) in [5, 5.41) is 4.91. The van der Waals surface area contributed by atoms with Crippen molar-refractivity contribution >= 4 is 17.7 Å². The van der Waals surface area contributed by atoms with E-state index in [1.54, 1.807) is 0 Å². The Morgan fingerprint density at radius 3 is 2.80 bits per heavy atom. The van der Waals surface area contributed by atoms with Gasteiger partial charge in [0.2, 0.25) is 17.7 Å². The molecule has 1 saturated heterocycles. The van der Waals surface area contributed by atoms with Gasteiger partial charge in [-0.25, -0.2) is 0 Å². The largest absolute Gasteiger partial charge is 0.344 e. The molecule has 1 atom stereocenters. The van der Waals surface area contributed by atoms with Crippen molar-refractivity contribution in [2.45, 2.75) is 39.2 Å². The molecule has 5 heteroatoms. The number of nitrogens with one attached hydrogen (secondary N) is 2. The summed E-state index contributed by atoms with van der Waals surface area (Å²) in [5.74, 6) is -0.904. The van der Waals surface area contributed by atoms with E-state index in [0.29, 0.717) is 6.42 Å². The van der Waals surface area contributed by atoms with Crippen molar-refractivity contribution in [1.82, 2.24) is 10.6 Å². The number of amides is 3. The van der Waals surface area contributed by atoms with Gasteiger partial charge in [0, 0.05) is 6.42 Å². The Bertz CT molecular complexity index is 566. The van der Waals surface area contributed by atoms with Crippen LogP contribution < -0.4 is 10.6 Å².